The molecule has 2 heterocycles. The molecule has 1 aliphatic rings. The lowest BCUT2D eigenvalue weighted by molar-refractivity contribution is -0.134. The molecule has 1 fully saturated rings. The molecule has 2 aromatic rings. The zero-order valence-corrected chi connectivity index (χ0v) is 13.4. The summed E-state index contributed by atoms with van der Waals surface area (Å²) < 4.78 is 5.16. The summed E-state index contributed by atoms with van der Waals surface area (Å²) >= 11 is 0. The zero-order chi connectivity index (χ0) is 16.1. The molecule has 1 saturated heterocycles. The Kier molecular flexibility index (Phi) is 4.91. The van der Waals surface area contributed by atoms with Crippen LogP contribution in [0.25, 0.3) is 0 Å². The van der Waals surface area contributed by atoms with Crippen molar-refractivity contribution in [2.45, 2.75) is 31.7 Å². The van der Waals surface area contributed by atoms with E-state index in [-0.39, 0.29) is 11.9 Å². The van der Waals surface area contributed by atoms with Crippen LogP contribution in [0.2, 0.25) is 0 Å². The number of ether oxygens (including phenoxy) is 1. The summed E-state index contributed by atoms with van der Waals surface area (Å²) in [4.78, 5) is 19.0. The fraction of sp³-hybridized carbons (Fsp3) is 0.368. The molecule has 4 heteroatoms. The number of pyridine rings is 1. The second-order valence-corrected chi connectivity index (χ2v) is 5.91. The van der Waals surface area contributed by atoms with E-state index >= 15 is 0 Å². The van der Waals surface area contributed by atoms with E-state index in [2.05, 4.69) is 11.1 Å². The average molecular weight is 310 g/mol. The van der Waals surface area contributed by atoms with Crippen LogP contribution in [0.1, 0.15) is 36.4 Å². The van der Waals surface area contributed by atoms with E-state index in [0.717, 1.165) is 42.7 Å². The number of methoxy groups -OCH3 is 1. The van der Waals surface area contributed by atoms with Gasteiger partial charge in [-0.05, 0) is 48.6 Å². The van der Waals surface area contributed by atoms with Gasteiger partial charge in [0.2, 0.25) is 5.91 Å². The molecule has 4 nitrogen and oxygen atoms in total. The van der Waals surface area contributed by atoms with E-state index in [4.69, 9.17) is 4.74 Å². The number of piperidine rings is 1. The first-order chi connectivity index (χ1) is 11.3. The van der Waals surface area contributed by atoms with Crippen LogP contribution in [0.5, 0.6) is 5.75 Å². The summed E-state index contributed by atoms with van der Waals surface area (Å²) in [5.41, 5.74) is 2.15. The summed E-state index contributed by atoms with van der Waals surface area (Å²) in [7, 11) is 1.65. The molecule has 0 spiro atoms. The van der Waals surface area contributed by atoms with Gasteiger partial charge in [-0.2, -0.15) is 0 Å². The van der Waals surface area contributed by atoms with Gasteiger partial charge in [0.1, 0.15) is 5.75 Å². The molecule has 0 bridgehead atoms. The Labute approximate surface area is 137 Å². The molecular formula is C19H22N2O2. The van der Waals surface area contributed by atoms with Gasteiger partial charge >= 0.3 is 0 Å². The average Bonchev–Trinajstić information content (AvgIpc) is 2.63. The standard InChI is InChI=1S/C19H22N2O2/c1-23-17-9-7-15(8-10-17)13-19(22)21-12-3-2-6-18(21)16-5-4-11-20-14-16/h4-5,7-11,14,18H,2-3,6,12-13H2,1H3. The Morgan fingerprint density at radius 1 is 1.26 bits per heavy atom. The van der Waals surface area contributed by atoms with Crippen LogP contribution >= 0.6 is 0 Å². The Bertz CT molecular complexity index is 640. The molecule has 3 rings (SSSR count). The zero-order valence-electron chi connectivity index (χ0n) is 13.4. The van der Waals surface area contributed by atoms with Crippen molar-refractivity contribution in [2.24, 2.45) is 0 Å². The van der Waals surface area contributed by atoms with Crippen molar-refractivity contribution in [3.63, 3.8) is 0 Å². The number of hydrogen-bond donors (Lipinski definition) is 0. The van der Waals surface area contributed by atoms with Gasteiger partial charge in [-0.1, -0.05) is 18.2 Å². The molecule has 1 aliphatic heterocycles. The fourth-order valence-electron chi connectivity index (χ4n) is 3.17. The summed E-state index contributed by atoms with van der Waals surface area (Å²) in [6, 6.07) is 11.9. The molecule has 0 saturated carbocycles. The van der Waals surface area contributed by atoms with Crippen molar-refractivity contribution in [2.75, 3.05) is 13.7 Å². The first kappa shape index (κ1) is 15.5. The molecule has 1 atom stereocenters. The second kappa shape index (κ2) is 7.27. The van der Waals surface area contributed by atoms with Crippen molar-refractivity contribution in [3.8, 4) is 5.75 Å². The maximum absolute atomic E-state index is 12.8. The minimum absolute atomic E-state index is 0.156. The van der Waals surface area contributed by atoms with Crippen LogP contribution in [0.4, 0.5) is 0 Å². The van der Waals surface area contributed by atoms with Crippen LogP contribution in [0, 0.1) is 0 Å². The molecule has 1 aromatic heterocycles. The van der Waals surface area contributed by atoms with Gasteiger partial charge in [0.05, 0.1) is 19.6 Å². The van der Waals surface area contributed by atoms with E-state index in [1.165, 1.54) is 0 Å². The van der Waals surface area contributed by atoms with Gasteiger partial charge in [0.25, 0.3) is 0 Å². The molecule has 0 radical (unpaired) electrons. The first-order valence-electron chi connectivity index (χ1n) is 8.10. The SMILES string of the molecule is COc1ccc(CC(=O)N2CCCCC2c2cccnc2)cc1. The van der Waals surface area contributed by atoms with Gasteiger partial charge in [0.15, 0.2) is 0 Å². The summed E-state index contributed by atoms with van der Waals surface area (Å²) in [6.45, 7) is 0.828. The number of carbonyl (C=O) groups excluding carboxylic acids is 1. The number of rotatable bonds is 4. The normalized spacial score (nSPS) is 17.8. The lowest BCUT2D eigenvalue weighted by atomic mass is 9.95. The predicted octanol–water partition coefficient (Wildman–Crippen LogP) is 3.39. The molecular weight excluding hydrogens is 288 g/mol. The van der Waals surface area contributed by atoms with Crippen LogP contribution < -0.4 is 4.74 Å². The number of nitrogens with zero attached hydrogens (tertiary/aromatic N) is 2. The van der Waals surface area contributed by atoms with Crippen molar-refractivity contribution >= 4 is 5.91 Å². The maximum Gasteiger partial charge on any atom is 0.227 e. The minimum atomic E-state index is 0.156. The molecule has 0 aliphatic carbocycles. The Hall–Kier alpha value is -2.36. The smallest absolute Gasteiger partial charge is 0.227 e. The third-order valence-electron chi connectivity index (χ3n) is 4.41. The van der Waals surface area contributed by atoms with Gasteiger partial charge in [-0.25, -0.2) is 0 Å². The van der Waals surface area contributed by atoms with E-state index < -0.39 is 0 Å². The van der Waals surface area contributed by atoms with E-state index in [1.54, 1.807) is 13.3 Å². The van der Waals surface area contributed by atoms with E-state index in [9.17, 15) is 4.79 Å². The first-order valence-corrected chi connectivity index (χ1v) is 8.10. The third-order valence-corrected chi connectivity index (χ3v) is 4.41. The summed E-state index contributed by atoms with van der Waals surface area (Å²) in [6.07, 6.45) is 7.33. The second-order valence-electron chi connectivity index (χ2n) is 5.91. The highest BCUT2D eigenvalue weighted by Crippen LogP contribution is 2.31. The van der Waals surface area contributed by atoms with Crippen molar-refractivity contribution in [1.29, 1.82) is 0 Å². The molecule has 1 amide bonds. The Balaban J connectivity index is 1.73. The monoisotopic (exact) mass is 310 g/mol. The molecule has 0 N–H and O–H groups in total. The summed E-state index contributed by atoms with van der Waals surface area (Å²) in [5, 5.41) is 0. The number of hydrogen-bond acceptors (Lipinski definition) is 3. The van der Waals surface area contributed by atoms with Crippen LogP contribution in [-0.4, -0.2) is 29.4 Å². The third kappa shape index (κ3) is 3.70. The van der Waals surface area contributed by atoms with Crippen LogP contribution in [-0.2, 0) is 11.2 Å². The fourth-order valence-corrected chi connectivity index (χ4v) is 3.17. The lowest BCUT2D eigenvalue weighted by Gasteiger charge is -2.36. The lowest BCUT2D eigenvalue weighted by Crippen LogP contribution is -2.39. The van der Waals surface area contributed by atoms with Gasteiger partial charge in [-0.3, -0.25) is 9.78 Å². The van der Waals surface area contributed by atoms with Crippen LogP contribution in [0.3, 0.4) is 0 Å². The van der Waals surface area contributed by atoms with E-state index in [0.29, 0.717) is 6.42 Å². The maximum atomic E-state index is 12.8. The quantitative estimate of drug-likeness (QED) is 0.869. The Morgan fingerprint density at radius 3 is 2.78 bits per heavy atom. The number of carbonyl (C=O) groups is 1. The van der Waals surface area contributed by atoms with Gasteiger partial charge < -0.3 is 9.64 Å². The van der Waals surface area contributed by atoms with Gasteiger partial charge in [-0.15, -0.1) is 0 Å². The molecule has 1 unspecified atom stereocenters. The molecule has 120 valence electrons. The number of aromatic nitrogens is 1. The van der Waals surface area contributed by atoms with Crippen LogP contribution in [0.15, 0.2) is 48.8 Å². The predicted molar refractivity (Wildman–Crippen MR) is 89.2 cm³/mol. The summed E-state index contributed by atoms with van der Waals surface area (Å²) in [5.74, 6) is 0.996. The highest BCUT2D eigenvalue weighted by molar-refractivity contribution is 5.79. The van der Waals surface area contributed by atoms with Gasteiger partial charge in [0, 0.05) is 18.9 Å². The number of benzene rings is 1. The van der Waals surface area contributed by atoms with Crippen molar-refractivity contribution in [1.82, 2.24) is 9.88 Å². The molecule has 23 heavy (non-hydrogen) atoms. The topological polar surface area (TPSA) is 42.4 Å². The minimum Gasteiger partial charge on any atom is -0.497 e. The highest BCUT2D eigenvalue weighted by Gasteiger charge is 2.27. The molecule has 1 aromatic carbocycles. The Morgan fingerprint density at radius 2 is 2.09 bits per heavy atom. The number of likely N-dealkylation sites (tertiary alicyclic amines) is 1. The van der Waals surface area contributed by atoms with Crippen molar-refractivity contribution < 1.29 is 9.53 Å². The number of amides is 1. The highest BCUT2D eigenvalue weighted by atomic mass is 16.5. The largest absolute Gasteiger partial charge is 0.497 e. The van der Waals surface area contributed by atoms with Crippen molar-refractivity contribution in [3.05, 3.63) is 59.9 Å². The van der Waals surface area contributed by atoms with E-state index in [1.807, 2.05) is 41.4 Å².